The van der Waals surface area contributed by atoms with E-state index in [1.54, 1.807) is 19.1 Å². The molecular weight excluding hydrogens is 221 g/mol. The Morgan fingerprint density at radius 1 is 1.41 bits per heavy atom. The molecule has 0 amide bonds. The third-order valence-corrected chi connectivity index (χ3v) is 2.74. The van der Waals surface area contributed by atoms with Gasteiger partial charge in [0.2, 0.25) is 0 Å². The molecular formula is C13H20FNO2. The van der Waals surface area contributed by atoms with Crippen LogP contribution in [0, 0.1) is 12.7 Å². The molecule has 0 heterocycles. The summed E-state index contributed by atoms with van der Waals surface area (Å²) in [6.45, 7) is 5.66. The molecule has 1 unspecified atom stereocenters. The van der Waals surface area contributed by atoms with Gasteiger partial charge < -0.3 is 15.5 Å². The first-order valence-electron chi connectivity index (χ1n) is 5.66. The molecule has 0 aliphatic heterocycles. The van der Waals surface area contributed by atoms with Crippen molar-refractivity contribution >= 4 is 0 Å². The zero-order valence-corrected chi connectivity index (χ0v) is 10.5. The van der Waals surface area contributed by atoms with Crippen LogP contribution in [-0.2, 0) is 0 Å². The smallest absolute Gasteiger partial charge is 0.126 e. The summed E-state index contributed by atoms with van der Waals surface area (Å²) in [6, 6.07) is 4.55. The lowest BCUT2D eigenvalue weighted by atomic mass is 10.0. The van der Waals surface area contributed by atoms with Crippen molar-refractivity contribution in [1.82, 2.24) is 5.32 Å². The van der Waals surface area contributed by atoms with E-state index in [2.05, 4.69) is 5.32 Å². The van der Waals surface area contributed by atoms with E-state index >= 15 is 0 Å². The van der Waals surface area contributed by atoms with Gasteiger partial charge in [0.05, 0.1) is 12.7 Å². The highest BCUT2D eigenvalue weighted by atomic mass is 19.1. The molecule has 17 heavy (non-hydrogen) atoms. The normalized spacial score (nSPS) is 13.8. The van der Waals surface area contributed by atoms with E-state index in [1.165, 1.54) is 6.07 Å². The van der Waals surface area contributed by atoms with Gasteiger partial charge in [0, 0.05) is 12.1 Å². The first-order valence-corrected chi connectivity index (χ1v) is 5.66. The van der Waals surface area contributed by atoms with Gasteiger partial charge in [-0.15, -0.1) is 0 Å². The molecule has 1 atom stereocenters. The molecule has 4 heteroatoms. The Balaban J connectivity index is 2.64. The number of rotatable bonds is 5. The summed E-state index contributed by atoms with van der Waals surface area (Å²) >= 11 is 0. The molecule has 0 aliphatic rings. The molecule has 3 N–H and O–H groups in total. The van der Waals surface area contributed by atoms with Crippen molar-refractivity contribution in [3.8, 4) is 0 Å². The Kier molecular flexibility index (Phi) is 4.62. The zero-order valence-electron chi connectivity index (χ0n) is 10.5. The van der Waals surface area contributed by atoms with Gasteiger partial charge in [-0.3, -0.25) is 0 Å². The monoisotopic (exact) mass is 241 g/mol. The summed E-state index contributed by atoms with van der Waals surface area (Å²) in [5.41, 5.74) is 0.754. The lowest BCUT2D eigenvalue weighted by molar-refractivity contribution is 0.136. The molecule has 0 bridgehead atoms. The molecule has 1 rings (SSSR count). The van der Waals surface area contributed by atoms with Crippen LogP contribution >= 0.6 is 0 Å². The van der Waals surface area contributed by atoms with Crippen LogP contribution in [0.3, 0.4) is 0 Å². The highest BCUT2D eigenvalue weighted by Crippen LogP contribution is 2.16. The fourth-order valence-electron chi connectivity index (χ4n) is 1.42. The molecule has 3 nitrogen and oxygen atoms in total. The third-order valence-electron chi connectivity index (χ3n) is 2.74. The van der Waals surface area contributed by atoms with Crippen LogP contribution in [0.2, 0.25) is 0 Å². The number of halogens is 1. The molecule has 0 saturated carbocycles. The topological polar surface area (TPSA) is 52.5 Å². The number of benzene rings is 1. The maximum atomic E-state index is 13.1. The maximum Gasteiger partial charge on any atom is 0.126 e. The molecule has 0 fully saturated rings. The fraction of sp³-hybridized carbons (Fsp3) is 0.538. The van der Waals surface area contributed by atoms with Crippen LogP contribution in [-0.4, -0.2) is 28.9 Å². The van der Waals surface area contributed by atoms with E-state index in [4.69, 9.17) is 5.11 Å². The van der Waals surface area contributed by atoms with Crippen molar-refractivity contribution in [3.05, 3.63) is 35.1 Å². The molecule has 0 aromatic heterocycles. The number of aliphatic hydroxyl groups excluding tert-OH is 2. The number of hydrogen-bond donors (Lipinski definition) is 3. The highest BCUT2D eigenvalue weighted by molar-refractivity contribution is 5.25. The van der Waals surface area contributed by atoms with E-state index < -0.39 is 11.6 Å². The summed E-state index contributed by atoms with van der Waals surface area (Å²) in [7, 11) is 0. The van der Waals surface area contributed by atoms with Crippen LogP contribution < -0.4 is 5.32 Å². The molecule has 0 radical (unpaired) electrons. The number of aryl methyl sites for hydroxylation is 1. The number of hydrogen-bond acceptors (Lipinski definition) is 3. The van der Waals surface area contributed by atoms with Gasteiger partial charge >= 0.3 is 0 Å². The second-order valence-corrected chi connectivity index (χ2v) is 4.95. The van der Waals surface area contributed by atoms with Crippen LogP contribution in [0.25, 0.3) is 0 Å². The summed E-state index contributed by atoms with van der Waals surface area (Å²) < 4.78 is 13.1. The van der Waals surface area contributed by atoms with E-state index in [1.807, 2.05) is 13.8 Å². The van der Waals surface area contributed by atoms with Crippen molar-refractivity contribution < 1.29 is 14.6 Å². The second-order valence-electron chi connectivity index (χ2n) is 4.95. The maximum absolute atomic E-state index is 13.1. The summed E-state index contributed by atoms with van der Waals surface area (Å²) in [6.07, 6.45) is -0.708. The summed E-state index contributed by atoms with van der Waals surface area (Å²) in [5, 5.41) is 22.0. The van der Waals surface area contributed by atoms with Crippen molar-refractivity contribution in [2.75, 3.05) is 13.2 Å². The van der Waals surface area contributed by atoms with Crippen LogP contribution in [0.15, 0.2) is 18.2 Å². The minimum Gasteiger partial charge on any atom is -0.394 e. The Bertz CT molecular complexity index is 380. The predicted molar refractivity (Wildman–Crippen MR) is 65.3 cm³/mol. The van der Waals surface area contributed by atoms with Crippen molar-refractivity contribution in [2.45, 2.75) is 32.4 Å². The lowest BCUT2D eigenvalue weighted by Gasteiger charge is -2.25. The van der Waals surface area contributed by atoms with E-state index in [-0.39, 0.29) is 12.4 Å². The molecule has 1 aromatic rings. The van der Waals surface area contributed by atoms with Gasteiger partial charge in [-0.05, 0) is 38.0 Å². The summed E-state index contributed by atoms with van der Waals surface area (Å²) in [5.74, 6) is -0.274. The Hall–Kier alpha value is -0.970. The predicted octanol–water partition coefficient (Wildman–Crippen LogP) is 1.53. The second kappa shape index (κ2) is 5.58. The standard InChI is InChI=1S/C13H20FNO2/c1-9-6-10(4-5-11(9)14)12(17)7-15-13(2,3)8-16/h4-6,12,15-17H,7-8H2,1-3H3. The molecule has 0 aliphatic carbocycles. The largest absolute Gasteiger partial charge is 0.394 e. The number of aliphatic hydroxyl groups is 2. The minimum atomic E-state index is -0.708. The van der Waals surface area contributed by atoms with Crippen LogP contribution in [0.5, 0.6) is 0 Å². The summed E-state index contributed by atoms with van der Waals surface area (Å²) in [4.78, 5) is 0. The lowest BCUT2D eigenvalue weighted by Crippen LogP contribution is -2.44. The Morgan fingerprint density at radius 3 is 2.59 bits per heavy atom. The fourth-order valence-corrected chi connectivity index (χ4v) is 1.42. The molecule has 0 saturated heterocycles. The molecule has 1 aromatic carbocycles. The minimum absolute atomic E-state index is 0.0117. The third kappa shape index (κ3) is 4.07. The van der Waals surface area contributed by atoms with Gasteiger partial charge in [0.25, 0.3) is 0 Å². The van der Waals surface area contributed by atoms with E-state index in [0.717, 1.165) is 0 Å². The number of nitrogens with one attached hydrogen (secondary N) is 1. The first-order chi connectivity index (χ1) is 7.85. The van der Waals surface area contributed by atoms with Crippen molar-refractivity contribution in [3.63, 3.8) is 0 Å². The SMILES string of the molecule is Cc1cc(C(O)CNC(C)(C)CO)ccc1F. The van der Waals surface area contributed by atoms with E-state index in [9.17, 15) is 9.50 Å². The van der Waals surface area contributed by atoms with E-state index in [0.29, 0.717) is 17.7 Å². The van der Waals surface area contributed by atoms with Gasteiger partial charge in [-0.1, -0.05) is 12.1 Å². The van der Waals surface area contributed by atoms with Crippen LogP contribution in [0.1, 0.15) is 31.1 Å². The average molecular weight is 241 g/mol. The average Bonchev–Trinajstić information content (AvgIpc) is 2.30. The Labute approximate surface area is 101 Å². The molecule has 0 spiro atoms. The quantitative estimate of drug-likeness (QED) is 0.732. The zero-order chi connectivity index (χ0) is 13.1. The number of β-amino-alcohol motifs (C(OH)–C–C–N with tert-alkyl or cyclic N) is 1. The Morgan fingerprint density at radius 2 is 2.06 bits per heavy atom. The first kappa shape index (κ1) is 14.1. The van der Waals surface area contributed by atoms with Crippen molar-refractivity contribution in [2.24, 2.45) is 0 Å². The van der Waals surface area contributed by atoms with Gasteiger partial charge in [-0.2, -0.15) is 0 Å². The van der Waals surface area contributed by atoms with Crippen LogP contribution in [0.4, 0.5) is 4.39 Å². The van der Waals surface area contributed by atoms with Gasteiger partial charge in [-0.25, -0.2) is 4.39 Å². The molecule has 96 valence electrons. The van der Waals surface area contributed by atoms with Crippen molar-refractivity contribution in [1.29, 1.82) is 0 Å². The highest BCUT2D eigenvalue weighted by Gasteiger charge is 2.18. The van der Waals surface area contributed by atoms with Gasteiger partial charge in [0.1, 0.15) is 5.82 Å². The van der Waals surface area contributed by atoms with Gasteiger partial charge in [0.15, 0.2) is 0 Å².